The van der Waals surface area contributed by atoms with E-state index in [1.165, 1.54) is 26.4 Å². The fraction of sp³-hybridized carbons (Fsp3) is 0.158. The van der Waals surface area contributed by atoms with Crippen LogP contribution in [0.4, 0.5) is 14.9 Å². The van der Waals surface area contributed by atoms with Crippen LogP contribution in [-0.4, -0.2) is 36.9 Å². The van der Waals surface area contributed by atoms with E-state index in [1.807, 2.05) is 0 Å². The second kappa shape index (κ2) is 8.13. The first kappa shape index (κ1) is 18.8. The lowest BCUT2D eigenvalue weighted by Gasteiger charge is -2.14. The highest BCUT2D eigenvalue weighted by Crippen LogP contribution is 2.34. The predicted molar refractivity (Wildman–Crippen MR) is 102 cm³/mol. The van der Waals surface area contributed by atoms with Crippen LogP contribution in [0.3, 0.4) is 0 Å². The van der Waals surface area contributed by atoms with Gasteiger partial charge >= 0.3 is 0 Å². The maximum absolute atomic E-state index is 13.7. The van der Waals surface area contributed by atoms with Gasteiger partial charge in [0.2, 0.25) is 0 Å². The van der Waals surface area contributed by atoms with E-state index < -0.39 is 17.0 Å². The summed E-state index contributed by atoms with van der Waals surface area (Å²) in [5.74, 6) is 0.192. The number of thioether (sulfide) groups is 1. The standard InChI is InChI=1S/C19H17FN2O4S/c1-25-15-8-7-12(9-16(15)26-2)10-17-18(23)22(19(24)27-17)11-21-14-6-4-3-5-13(14)20/h3-10,21H,11H2,1-2H3/b17-10+. The van der Waals surface area contributed by atoms with Crippen molar-refractivity contribution in [2.45, 2.75) is 0 Å². The Bertz CT molecular complexity index is 916. The van der Waals surface area contributed by atoms with E-state index in [1.54, 1.807) is 36.4 Å². The molecule has 1 aliphatic rings. The lowest BCUT2D eigenvalue weighted by molar-refractivity contribution is -0.122. The van der Waals surface area contributed by atoms with E-state index in [2.05, 4.69) is 5.32 Å². The Hall–Kier alpha value is -3.00. The highest BCUT2D eigenvalue weighted by atomic mass is 32.2. The van der Waals surface area contributed by atoms with Gasteiger partial charge in [-0.25, -0.2) is 4.39 Å². The number of nitrogens with zero attached hydrogens (tertiary/aromatic N) is 1. The number of methoxy groups -OCH3 is 2. The fourth-order valence-electron chi connectivity index (χ4n) is 2.50. The third-order valence-electron chi connectivity index (χ3n) is 3.88. The summed E-state index contributed by atoms with van der Waals surface area (Å²) in [6.45, 7) is -0.116. The number of nitrogens with one attached hydrogen (secondary N) is 1. The topological polar surface area (TPSA) is 67.9 Å². The van der Waals surface area contributed by atoms with Crippen molar-refractivity contribution in [2.24, 2.45) is 0 Å². The molecule has 0 aliphatic carbocycles. The minimum absolute atomic E-state index is 0.116. The van der Waals surface area contributed by atoms with Gasteiger partial charge in [-0.2, -0.15) is 0 Å². The molecule has 1 fully saturated rings. The summed E-state index contributed by atoms with van der Waals surface area (Å²) >= 11 is 0.832. The number of carbonyl (C=O) groups excluding carboxylic acids is 2. The number of ether oxygens (including phenoxy) is 2. The molecule has 2 amide bonds. The lowest BCUT2D eigenvalue weighted by atomic mass is 10.2. The van der Waals surface area contributed by atoms with E-state index in [9.17, 15) is 14.0 Å². The predicted octanol–water partition coefficient (Wildman–Crippen LogP) is 3.95. The number of hydrogen-bond acceptors (Lipinski definition) is 6. The summed E-state index contributed by atoms with van der Waals surface area (Å²) in [6, 6.07) is 11.2. The zero-order valence-electron chi connectivity index (χ0n) is 14.7. The Labute approximate surface area is 159 Å². The molecule has 27 heavy (non-hydrogen) atoms. The van der Waals surface area contributed by atoms with Gasteiger partial charge in [0.1, 0.15) is 5.82 Å². The molecule has 3 rings (SSSR count). The van der Waals surface area contributed by atoms with Gasteiger partial charge in [0.15, 0.2) is 11.5 Å². The SMILES string of the molecule is COc1ccc(/C=C2/SC(=O)N(CNc3ccccc3F)C2=O)cc1OC. The van der Waals surface area contributed by atoms with Crippen LogP contribution in [0.15, 0.2) is 47.4 Å². The van der Waals surface area contributed by atoms with Gasteiger partial charge < -0.3 is 14.8 Å². The van der Waals surface area contributed by atoms with Crippen molar-refractivity contribution in [2.75, 3.05) is 26.2 Å². The third kappa shape index (κ3) is 4.06. The molecule has 140 valence electrons. The van der Waals surface area contributed by atoms with Gasteiger partial charge in [-0.3, -0.25) is 14.5 Å². The molecule has 0 bridgehead atoms. The Kier molecular flexibility index (Phi) is 5.66. The first-order chi connectivity index (χ1) is 13.0. The Morgan fingerprint density at radius 3 is 2.56 bits per heavy atom. The van der Waals surface area contributed by atoms with Gasteiger partial charge in [0, 0.05) is 0 Å². The van der Waals surface area contributed by atoms with Gasteiger partial charge in [-0.1, -0.05) is 18.2 Å². The smallest absolute Gasteiger partial charge is 0.295 e. The molecule has 2 aromatic rings. The number of carbonyl (C=O) groups is 2. The van der Waals surface area contributed by atoms with Crippen molar-refractivity contribution in [1.29, 1.82) is 0 Å². The maximum atomic E-state index is 13.7. The first-order valence-corrected chi connectivity index (χ1v) is 8.81. The van der Waals surface area contributed by atoms with Gasteiger partial charge in [-0.05, 0) is 47.7 Å². The van der Waals surface area contributed by atoms with Crippen molar-refractivity contribution in [3.8, 4) is 11.5 Å². The quantitative estimate of drug-likeness (QED) is 0.756. The Morgan fingerprint density at radius 1 is 1.11 bits per heavy atom. The molecule has 1 saturated heterocycles. The highest BCUT2D eigenvalue weighted by molar-refractivity contribution is 8.18. The number of para-hydroxylation sites is 1. The molecular weight excluding hydrogens is 371 g/mol. The number of benzene rings is 2. The average molecular weight is 388 g/mol. The zero-order chi connectivity index (χ0) is 19.4. The number of hydrogen-bond donors (Lipinski definition) is 1. The molecule has 1 aliphatic heterocycles. The van der Waals surface area contributed by atoms with Crippen LogP contribution in [0.2, 0.25) is 0 Å². The maximum Gasteiger partial charge on any atom is 0.295 e. The van der Waals surface area contributed by atoms with Crippen LogP contribution >= 0.6 is 11.8 Å². The highest BCUT2D eigenvalue weighted by Gasteiger charge is 2.34. The summed E-state index contributed by atoms with van der Waals surface area (Å²) in [7, 11) is 3.05. The monoisotopic (exact) mass is 388 g/mol. The summed E-state index contributed by atoms with van der Waals surface area (Å²) in [5.41, 5.74) is 0.917. The van der Waals surface area contributed by atoms with Crippen molar-refractivity contribution >= 4 is 34.7 Å². The molecule has 2 aromatic carbocycles. The number of rotatable bonds is 6. The molecule has 0 atom stereocenters. The van der Waals surface area contributed by atoms with Crippen molar-refractivity contribution in [3.05, 3.63) is 58.8 Å². The number of halogens is 1. The number of amides is 2. The van der Waals surface area contributed by atoms with Crippen LogP contribution in [0, 0.1) is 5.82 Å². The summed E-state index contributed by atoms with van der Waals surface area (Å²) < 4.78 is 24.1. The van der Waals surface area contributed by atoms with Gasteiger partial charge in [0.25, 0.3) is 11.1 Å². The molecule has 1 N–H and O–H groups in total. The summed E-state index contributed by atoms with van der Waals surface area (Å²) in [4.78, 5) is 26.0. The van der Waals surface area contributed by atoms with E-state index in [0.717, 1.165) is 16.7 Å². The molecule has 8 heteroatoms. The minimum atomic E-state index is -0.453. The second-order valence-corrected chi connectivity index (χ2v) is 6.53. The van der Waals surface area contributed by atoms with E-state index in [0.29, 0.717) is 17.1 Å². The average Bonchev–Trinajstić information content (AvgIpc) is 2.94. The largest absolute Gasteiger partial charge is 0.493 e. The molecule has 6 nitrogen and oxygen atoms in total. The molecule has 0 radical (unpaired) electrons. The molecule has 0 spiro atoms. The number of imide groups is 1. The Morgan fingerprint density at radius 2 is 1.85 bits per heavy atom. The van der Waals surface area contributed by atoms with Gasteiger partial charge in [0.05, 0.1) is 31.5 Å². The van der Waals surface area contributed by atoms with Crippen molar-refractivity contribution < 1.29 is 23.5 Å². The summed E-state index contributed by atoms with van der Waals surface area (Å²) in [6.07, 6.45) is 1.61. The van der Waals surface area contributed by atoms with Crippen LogP contribution < -0.4 is 14.8 Å². The molecule has 1 heterocycles. The van der Waals surface area contributed by atoms with Crippen LogP contribution in [0.25, 0.3) is 6.08 Å². The lowest BCUT2D eigenvalue weighted by Crippen LogP contribution is -2.33. The van der Waals surface area contributed by atoms with Crippen LogP contribution in [-0.2, 0) is 4.79 Å². The minimum Gasteiger partial charge on any atom is -0.493 e. The van der Waals surface area contributed by atoms with Crippen LogP contribution in [0.1, 0.15) is 5.56 Å². The second-order valence-electron chi connectivity index (χ2n) is 5.54. The molecular formula is C19H17FN2O4S. The summed E-state index contributed by atoms with van der Waals surface area (Å²) in [5, 5.41) is 2.34. The zero-order valence-corrected chi connectivity index (χ0v) is 15.5. The first-order valence-electron chi connectivity index (χ1n) is 7.99. The van der Waals surface area contributed by atoms with E-state index in [4.69, 9.17) is 9.47 Å². The fourth-order valence-corrected chi connectivity index (χ4v) is 3.34. The van der Waals surface area contributed by atoms with E-state index >= 15 is 0 Å². The van der Waals surface area contributed by atoms with Gasteiger partial charge in [-0.15, -0.1) is 0 Å². The van der Waals surface area contributed by atoms with Crippen LogP contribution in [0.5, 0.6) is 11.5 Å². The van der Waals surface area contributed by atoms with Crippen molar-refractivity contribution in [1.82, 2.24) is 4.90 Å². The van der Waals surface area contributed by atoms with Crippen molar-refractivity contribution in [3.63, 3.8) is 0 Å². The van der Waals surface area contributed by atoms with E-state index in [-0.39, 0.29) is 17.3 Å². The third-order valence-corrected chi connectivity index (χ3v) is 4.79. The Balaban J connectivity index is 1.75. The molecule has 0 unspecified atom stereocenters. The number of anilines is 1. The molecule has 0 aromatic heterocycles. The normalized spacial score (nSPS) is 15.4. The molecule has 0 saturated carbocycles.